The van der Waals surface area contributed by atoms with Gasteiger partial charge in [0.2, 0.25) is 6.29 Å². The molecule has 0 aliphatic heterocycles. The van der Waals surface area contributed by atoms with Crippen LogP contribution in [0.2, 0.25) is 0 Å². The molecule has 0 saturated carbocycles. The van der Waals surface area contributed by atoms with Crippen LogP contribution in [0.4, 0.5) is 0 Å². The van der Waals surface area contributed by atoms with Gasteiger partial charge in [0.1, 0.15) is 0 Å². The molecule has 18 heavy (non-hydrogen) atoms. The van der Waals surface area contributed by atoms with Crippen molar-refractivity contribution in [3.63, 3.8) is 0 Å². The van der Waals surface area contributed by atoms with E-state index in [1.165, 1.54) is 12.2 Å². The molecule has 0 rings (SSSR count). The van der Waals surface area contributed by atoms with Crippen molar-refractivity contribution in [2.75, 3.05) is 13.2 Å². The lowest BCUT2D eigenvalue weighted by Gasteiger charge is -2.09. The summed E-state index contributed by atoms with van der Waals surface area (Å²) in [4.78, 5) is 9.34. The second kappa shape index (κ2) is 20.6. The number of allylic oxidation sites excluding steroid dienone is 2. The molecule has 0 aliphatic carbocycles. The Morgan fingerprint density at radius 1 is 1.06 bits per heavy atom. The number of rotatable bonds is 4. The molecule has 0 amide bonds. The van der Waals surface area contributed by atoms with E-state index in [-0.39, 0.29) is 7.43 Å². The van der Waals surface area contributed by atoms with Crippen LogP contribution in [-0.4, -0.2) is 25.8 Å². The largest absolute Gasteiger partial charge is 0.342 e. The van der Waals surface area contributed by atoms with E-state index in [0.717, 1.165) is 0 Å². The lowest BCUT2D eigenvalue weighted by atomic mass is 10.5. The summed E-state index contributed by atoms with van der Waals surface area (Å²) in [5.41, 5.74) is 0. The molecule has 0 aromatic rings. The zero-order chi connectivity index (χ0) is 13.4. The van der Waals surface area contributed by atoms with E-state index in [1.54, 1.807) is 0 Å². The third-order valence-electron chi connectivity index (χ3n) is 1.18. The van der Waals surface area contributed by atoms with Crippen LogP contribution in [0.3, 0.4) is 0 Å². The summed E-state index contributed by atoms with van der Waals surface area (Å²) in [6.45, 7) is 11.8. The number of aldehydes is 1. The van der Waals surface area contributed by atoms with Gasteiger partial charge < -0.3 is 9.47 Å². The van der Waals surface area contributed by atoms with Gasteiger partial charge in [-0.15, -0.1) is 0 Å². The van der Waals surface area contributed by atoms with E-state index in [1.807, 2.05) is 13.8 Å². The van der Waals surface area contributed by atoms with Gasteiger partial charge in [-0.1, -0.05) is 32.4 Å². The number of hydrogen-bond donors (Lipinski definition) is 0. The highest BCUT2D eigenvalue weighted by Gasteiger charge is 2.00. The van der Waals surface area contributed by atoms with Crippen LogP contribution >= 0.6 is 0 Å². The van der Waals surface area contributed by atoms with Crippen LogP contribution in [0, 0.1) is 23.7 Å². The third kappa shape index (κ3) is 19.7. The standard InChI is InChI=1S/C9H14O2.C5H4O.CH4/c1-4-7-8-9(10-5-2)11-6-3;1-2-3-4-5-6;/h4,9H,1,5-6H2,2-3H3;2,5H,1H2;1H4. The Balaban J connectivity index is -0.000000277. The van der Waals surface area contributed by atoms with Crippen LogP contribution < -0.4 is 0 Å². The van der Waals surface area contributed by atoms with Crippen molar-refractivity contribution < 1.29 is 14.3 Å². The molecule has 100 valence electrons. The van der Waals surface area contributed by atoms with Gasteiger partial charge >= 0.3 is 0 Å². The molecule has 3 nitrogen and oxygen atoms in total. The monoisotopic (exact) mass is 250 g/mol. The Kier molecular flexibility index (Phi) is 24.6. The highest BCUT2D eigenvalue weighted by atomic mass is 16.7. The SMILES string of the molecule is C.C=CC#CC(OCC)OCC.C=CC#CC=O. The normalized spacial score (nSPS) is 7.06. The van der Waals surface area contributed by atoms with Gasteiger partial charge in [0.15, 0.2) is 6.29 Å². The maximum absolute atomic E-state index is 9.34. The minimum absolute atomic E-state index is 0. The number of carbonyl (C=O) groups is 1. The average Bonchev–Trinajstić information content (AvgIpc) is 2.35. The Bertz CT molecular complexity index is 305. The van der Waals surface area contributed by atoms with E-state index in [2.05, 4.69) is 36.8 Å². The van der Waals surface area contributed by atoms with Crippen LogP contribution in [0.5, 0.6) is 0 Å². The van der Waals surface area contributed by atoms with Crippen molar-refractivity contribution in [2.45, 2.75) is 27.6 Å². The Morgan fingerprint density at radius 2 is 1.56 bits per heavy atom. The summed E-state index contributed by atoms with van der Waals surface area (Å²) in [6, 6.07) is 0. The maximum Gasteiger partial charge on any atom is 0.222 e. The van der Waals surface area contributed by atoms with Crippen molar-refractivity contribution in [3.05, 3.63) is 25.3 Å². The molecule has 0 aliphatic rings. The molecule has 0 radical (unpaired) electrons. The van der Waals surface area contributed by atoms with Gasteiger partial charge in [0, 0.05) is 13.2 Å². The van der Waals surface area contributed by atoms with Gasteiger partial charge in [0.25, 0.3) is 0 Å². The first kappa shape index (κ1) is 21.5. The van der Waals surface area contributed by atoms with Crippen LogP contribution in [0.1, 0.15) is 21.3 Å². The fourth-order valence-corrected chi connectivity index (χ4v) is 0.654. The molecule has 3 heteroatoms. The first-order chi connectivity index (χ1) is 8.26. The third-order valence-corrected chi connectivity index (χ3v) is 1.18. The van der Waals surface area contributed by atoms with Crippen molar-refractivity contribution in [2.24, 2.45) is 0 Å². The summed E-state index contributed by atoms with van der Waals surface area (Å²) >= 11 is 0. The van der Waals surface area contributed by atoms with E-state index in [0.29, 0.717) is 19.5 Å². The molecular formula is C15H22O3. The van der Waals surface area contributed by atoms with Crippen LogP contribution in [0.25, 0.3) is 0 Å². The summed E-state index contributed by atoms with van der Waals surface area (Å²) in [5, 5.41) is 0. The molecule has 0 bridgehead atoms. The second-order valence-electron chi connectivity index (χ2n) is 2.35. The smallest absolute Gasteiger partial charge is 0.222 e. The first-order valence-corrected chi connectivity index (χ1v) is 5.17. The summed E-state index contributed by atoms with van der Waals surface area (Å²) in [5.74, 6) is 9.93. The van der Waals surface area contributed by atoms with Crippen molar-refractivity contribution in [1.82, 2.24) is 0 Å². The quantitative estimate of drug-likeness (QED) is 0.437. The van der Waals surface area contributed by atoms with Gasteiger partial charge in [-0.3, -0.25) is 4.79 Å². The van der Waals surface area contributed by atoms with Crippen LogP contribution in [-0.2, 0) is 14.3 Å². The molecule has 0 saturated heterocycles. The Hall–Kier alpha value is -1.81. The van der Waals surface area contributed by atoms with E-state index >= 15 is 0 Å². The highest BCUT2D eigenvalue weighted by Crippen LogP contribution is 1.91. The lowest BCUT2D eigenvalue weighted by molar-refractivity contribution is -0.103. The van der Waals surface area contributed by atoms with Crippen molar-refractivity contribution in [3.8, 4) is 23.7 Å². The highest BCUT2D eigenvalue weighted by molar-refractivity contribution is 5.73. The van der Waals surface area contributed by atoms with Crippen molar-refractivity contribution >= 4 is 6.29 Å². The molecule has 0 spiro atoms. The van der Waals surface area contributed by atoms with E-state index in [9.17, 15) is 4.79 Å². The molecule has 0 fully saturated rings. The summed E-state index contributed by atoms with van der Waals surface area (Å²) < 4.78 is 10.3. The topological polar surface area (TPSA) is 35.5 Å². The Labute approximate surface area is 111 Å². The first-order valence-electron chi connectivity index (χ1n) is 5.17. The molecule has 0 unspecified atom stereocenters. The minimum atomic E-state index is -0.400. The maximum atomic E-state index is 9.34. The lowest BCUT2D eigenvalue weighted by Crippen LogP contribution is -2.14. The molecule has 0 N–H and O–H groups in total. The summed E-state index contributed by atoms with van der Waals surface area (Å²) in [7, 11) is 0. The zero-order valence-electron chi connectivity index (χ0n) is 10.4. The van der Waals surface area contributed by atoms with Gasteiger partial charge in [-0.2, -0.15) is 0 Å². The molecule has 0 heterocycles. The van der Waals surface area contributed by atoms with E-state index < -0.39 is 6.29 Å². The van der Waals surface area contributed by atoms with Gasteiger partial charge in [-0.05, 0) is 37.8 Å². The van der Waals surface area contributed by atoms with Crippen LogP contribution in [0.15, 0.2) is 25.3 Å². The van der Waals surface area contributed by atoms with Gasteiger partial charge in [0.05, 0.1) is 0 Å². The predicted molar refractivity (Wildman–Crippen MR) is 75.8 cm³/mol. The summed E-state index contributed by atoms with van der Waals surface area (Å²) in [6.07, 6.45) is 3.02. The predicted octanol–water partition coefficient (Wildman–Crippen LogP) is 2.59. The number of ether oxygens (including phenoxy) is 2. The number of hydrogen-bond acceptors (Lipinski definition) is 3. The fraction of sp³-hybridized carbons (Fsp3) is 0.400. The van der Waals surface area contributed by atoms with E-state index in [4.69, 9.17) is 9.47 Å². The number of carbonyl (C=O) groups excluding carboxylic acids is 1. The Morgan fingerprint density at radius 3 is 1.83 bits per heavy atom. The molecular weight excluding hydrogens is 228 g/mol. The van der Waals surface area contributed by atoms with Crippen molar-refractivity contribution in [1.29, 1.82) is 0 Å². The second-order valence-corrected chi connectivity index (χ2v) is 2.35. The zero-order valence-corrected chi connectivity index (χ0v) is 10.4. The molecule has 0 aromatic carbocycles. The minimum Gasteiger partial charge on any atom is -0.342 e. The van der Waals surface area contributed by atoms with Gasteiger partial charge in [-0.25, -0.2) is 0 Å². The molecule has 0 atom stereocenters. The fourth-order valence-electron chi connectivity index (χ4n) is 0.654. The molecule has 0 aromatic heterocycles. The average molecular weight is 250 g/mol.